The number of aliphatic hydroxyl groups excluding tert-OH is 1. The first-order chi connectivity index (χ1) is 6.09. The molecule has 4 heteroatoms. The molecule has 0 aliphatic heterocycles. The van der Waals surface area contributed by atoms with E-state index in [4.69, 9.17) is 0 Å². The van der Waals surface area contributed by atoms with E-state index in [0.29, 0.717) is 6.42 Å². The number of aliphatic carboxylic acids is 1. The van der Waals surface area contributed by atoms with E-state index >= 15 is 0 Å². The Morgan fingerprint density at radius 2 is 2.08 bits per heavy atom. The molecular weight excluding hydrogens is 170 g/mol. The lowest BCUT2D eigenvalue weighted by atomic mass is 10.0. The quantitative estimate of drug-likeness (QED) is 0.487. The normalized spacial score (nSPS) is 15.3. The van der Waals surface area contributed by atoms with Crippen LogP contribution in [0.25, 0.3) is 0 Å². The fraction of sp³-hybridized carbons (Fsp3) is 0.889. The van der Waals surface area contributed by atoms with E-state index in [1.54, 1.807) is 0 Å². The Morgan fingerprint density at radius 3 is 2.54 bits per heavy atom. The largest absolute Gasteiger partial charge is 0.544 e. The van der Waals surface area contributed by atoms with E-state index in [1.165, 1.54) is 0 Å². The molecule has 4 N–H and O–H groups in total. The standard InChI is InChI=1S/C9H19NO3/c1-2-3-4-5-6-7(11)8(10)9(12)13/h7-8,11H,2-6,10H2,1H3,(H,12,13)/t7-,8+/m1/s1. The molecule has 2 atom stereocenters. The summed E-state index contributed by atoms with van der Waals surface area (Å²) in [7, 11) is 0. The predicted molar refractivity (Wildman–Crippen MR) is 46.4 cm³/mol. The molecular formula is C9H19NO3. The summed E-state index contributed by atoms with van der Waals surface area (Å²) < 4.78 is 0. The molecule has 4 nitrogen and oxygen atoms in total. The minimum Gasteiger partial charge on any atom is -0.544 e. The Labute approximate surface area is 78.7 Å². The Bertz CT molecular complexity index is 150. The second-order valence-electron chi connectivity index (χ2n) is 3.34. The van der Waals surface area contributed by atoms with Crippen LogP contribution in [0.5, 0.6) is 0 Å². The van der Waals surface area contributed by atoms with E-state index in [2.05, 4.69) is 12.7 Å². The lowest BCUT2D eigenvalue weighted by Gasteiger charge is -2.15. The highest BCUT2D eigenvalue weighted by atomic mass is 16.4. The number of aliphatic hydroxyl groups is 1. The van der Waals surface area contributed by atoms with Gasteiger partial charge in [0.1, 0.15) is 12.1 Å². The molecule has 78 valence electrons. The first kappa shape index (κ1) is 12.4. The summed E-state index contributed by atoms with van der Waals surface area (Å²) in [5.74, 6) is -1.28. The highest BCUT2D eigenvalue weighted by Gasteiger charge is 2.18. The molecule has 0 radical (unpaired) electrons. The van der Waals surface area contributed by atoms with Crippen LogP contribution in [-0.2, 0) is 4.79 Å². The van der Waals surface area contributed by atoms with Crippen LogP contribution in [0, 0.1) is 0 Å². The van der Waals surface area contributed by atoms with Crippen LogP contribution in [0.15, 0.2) is 0 Å². The molecule has 0 unspecified atom stereocenters. The number of carbonyl (C=O) groups excluding carboxylic acids is 1. The molecule has 0 aromatic heterocycles. The highest BCUT2D eigenvalue weighted by molar-refractivity contribution is 5.69. The number of rotatable bonds is 7. The predicted octanol–water partition coefficient (Wildman–Crippen LogP) is -1.32. The van der Waals surface area contributed by atoms with Gasteiger partial charge in [0.05, 0.1) is 0 Å². The van der Waals surface area contributed by atoms with Crippen molar-refractivity contribution in [1.82, 2.24) is 0 Å². The zero-order valence-electron chi connectivity index (χ0n) is 8.16. The summed E-state index contributed by atoms with van der Waals surface area (Å²) in [6, 6.07) is -0.998. The van der Waals surface area contributed by atoms with Gasteiger partial charge in [-0.15, -0.1) is 0 Å². The Morgan fingerprint density at radius 1 is 1.46 bits per heavy atom. The summed E-state index contributed by atoms with van der Waals surface area (Å²) in [6.07, 6.45) is 3.79. The maximum Gasteiger partial charge on any atom is 0.151 e. The first-order valence-corrected chi connectivity index (χ1v) is 4.81. The van der Waals surface area contributed by atoms with Crippen LogP contribution in [0.3, 0.4) is 0 Å². The SMILES string of the molecule is CCCCCC[C@@H](O)[C@H]([NH3+])C(=O)[O-]. The van der Waals surface area contributed by atoms with Crippen LogP contribution in [0.1, 0.15) is 39.0 Å². The van der Waals surface area contributed by atoms with Crippen LogP contribution >= 0.6 is 0 Å². The van der Waals surface area contributed by atoms with Crippen molar-refractivity contribution in [3.05, 3.63) is 0 Å². The van der Waals surface area contributed by atoms with Gasteiger partial charge < -0.3 is 20.7 Å². The number of carbonyl (C=O) groups is 1. The van der Waals surface area contributed by atoms with Crippen molar-refractivity contribution in [3.8, 4) is 0 Å². The lowest BCUT2D eigenvalue weighted by molar-refractivity contribution is -0.451. The van der Waals surface area contributed by atoms with Gasteiger partial charge in [-0.3, -0.25) is 0 Å². The van der Waals surface area contributed by atoms with Gasteiger partial charge in [-0.2, -0.15) is 0 Å². The summed E-state index contributed by atoms with van der Waals surface area (Å²) in [5.41, 5.74) is 3.32. The van der Waals surface area contributed by atoms with Gasteiger partial charge in [0, 0.05) is 0 Å². The molecule has 0 aliphatic rings. The third kappa shape index (κ3) is 5.60. The zero-order valence-corrected chi connectivity index (χ0v) is 8.16. The number of carboxylic acid groups (broad SMARTS) is 1. The molecule has 0 fully saturated rings. The van der Waals surface area contributed by atoms with Gasteiger partial charge in [-0.1, -0.05) is 32.6 Å². The summed E-state index contributed by atoms with van der Waals surface area (Å²) >= 11 is 0. The van der Waals surface area contributed by atoms with Gasteiger partial charge in [0.15, 0.2) is 6.04 Å². The fourth-order valence-corrected chi connectivity index (χ4v) is 1.14. The number of quaternary nitrogens is 1. The smallest absolute Gasteiger partial charge is 0.151 e. The van der Waals surface area contributed by atoms with E-state index in [1.807, 2.05) is 0 Å². The first-order valence-electron chi connectivity index (χ1n) is 4.81. The summed E-state index contributed by atoms with van der Waals surface area (Å²) in [4.78, 5) is 10.3. The maximum absolute atomic E-state index is 10.3. The Hall–Kier alpha value is -0.610. The van der Waals surface area contributed by atoms with E-state index in [9.17, 15) is 15.0 Å². The second kappa shape index (κ2) is 6.86. The number of hydrogen-bond donors (Lipinski definition) is 2. The molecule has 0 aliphatic carbocycles. The van der Waals surface area contributed by atoms with Crippen molar-refractivity contribution in [2.75, 3.05) is 0 Å². The Balaban J connectivity index is 3.50. The van der Waals surface area contributed by atoms with Gasteiger partial charge in [-0.05, 0) is 6.42 Å². The van der Waals surface area contributed by atoms with Crippen LogP contribution in [0.4, 0.5) is 0 Å². The average molecular weight is 189 g/mol. The van der Waals surface area contributed by atoms with Crippen LogP contribution < -0.4 is 10.8 Å². The summed E-state index contributed by atoms with van der Waals surface area (Å²) in [5, 5.41) is 19.6. The Kier molecular flexibility index (Phi) is 6.54. The van der Waals surface area contributed by atoms with Crippen molar-refractivity contribution < 1.29 is 20.7 Å². The van der Waals surface area contributed by atoms with Crippen molar-refractivity contribution >= 4 is 5.97 Å². The molecule has 0 amide bonds. The van der Waals surface area contributed by atoms with Crippen LogP contribution in [0.2, 0.25) is 0 Å². The third-order valence-electron chi connectivity index (χ3n) is 2.12. The molecule has 0 bridgehead atoms. The monoisotopic (exact) mass is 189 g/mol. The van der Waals surface area contributed by atoms with Gasteiger partial charge in [0.25, 0.3) is 0 Å². The fourth-order valence-electron chi connectivity index (χ4n) is 1.14. The molecule has 0 aromatic rings. The lowest BCUT2D eigenvalue weighted by Crippen LogP contribution is -2.73. The average Bonchev–Trinajstić information content (AvgIpc) is 2.10. The molecule has 0 saturated carbocycles. The van der Waals surface area contributed by atoms with E-state index in [-0.39, 0.29) is 0 Å². The molecule has 0 rings (SSSR count). The van der Waals surface area contributed by atoms with Crippen molar-refractivity contribution in [3.63, 3.8) is 0 Å². The second-order valence-corrected chi connectivity index (χ2v) is 3.34. The minimum atomic E-state index is -1.28. The van der Waals surface area contributed by atoms with Crippen molar-refractivity contribution in [2.24, 2.45) is 0 Å². The van der Waals surface area contributed by atoms with Crippen LogP contribution in [-0.4, -0.2) is 23.2 Å². The van der Waals surface area contributed by atoms with Gasteiger partial charge >= 0.3 is 0 Å². The topological polar surface area (TPSA) is 88.0 Å². The van der Waals surface area contributed by atoms with E-state index in [0.717, 1.165) is 25.7 Å². The maximum atomic E-state index is 10.3. The number of unbranched alkanes of at least 4 members (excludes halogenated alkanes) is 3. The third-order valence-corrected chi connectivity index (χ3v) is 2.12. The summed E-state index contributed by atoms with van der Waals surface area (Å²) in [6.45, 7) is 2.10. The van der Waals surface area contributed by atoms with Crippen molar-refractivity contribution in [1.29, 1.82) is 0 Å². The van der Waals surface area contributed by atoms with Crippen molar-refractivity contribution in [2.45, 2.75) is 51.2 Å². The minimum absolute atomic E-state index is 0.502. The molecule has 0 spiro atoms. The van der Waals surface area contributed by atoms with E-state index < -0.39 is 18.1 Å². The zero-order chi connectivity index (χ0) is 10.3. The molecule has 0 heterocycles. The molecule has 13 heavy (non-hydrogen) atoms. The highest BCUT2D eigenvalue weighted by Crippen LogP contribution is 2.06. The molecule has 0 aromatic carbocycles. The molecule has 0 saturated heterocycles. The number of hydrogen-bond acceptors (Lipinski definition) is 3. The van der Waals surface area contributed by atoms with Gasteiger partial charge in [-0.25, -0.2) is 0 Å². The van der Waals surface area contributed by atoms with Gasteiger partial charge in [0.2, 0.25) is 0 Å². The number of carboxylic acids is 1.